The number of aromatic nitrogens is 1. The van der Waals surface area contributed by atoms with E-state index in [1.165, 1.54) is 0 Å². The highest BCUT2D eigenvalue weighted by molar-refractivity contribution is 6.35. The van der Waals surface area contributed by atoms with Crippen LogP contribution in [0.1, 0.15) is 11.3 Å². The van der Waals surface area contributed by atoms with Gasteiger partial charge in [-0.3, -0.25) is 0 Å². The SMILES string of the molecule is COc1ccc2nc(C=Cc3ccccc3)cc(Cl)c2c1. The minimum atomic E-state index is 0.673. The van der Waals surface area contributed by atoms with Crippen molar-refractivity contribution in [3.8, 4) is 5.75 Å². The normalized spacial score (nSPS) is 11.1. The lowest BCUT2D eigenvalue weighted by Gasteiger charge is -2.05. The van der Waals surface area contributed by atoms with E-state index in [1.54, 1.807) is 7.11 Å². The van der Waals surface area contributed by atoms with Crippen LogP contribution in [0.3, 0.4) is 0 Å². The first-order valence-corrected chi connectivity index (χ1v) is 7.01. The molecule has 2 aromatic carbocycles. The summed E-state index contributed by atoms with van der Waals surface area (Å²) >= 11 is 6.34. The Bertz CT molecular complexity index is 797. The van der Waals surface area contributed by atoms with E-state index < -0.39 is 0 Å². The number of benzene rings is 2. The molecule has 0 unspecified atom stereocenters. The van der Waals surface area contributed by atoms with Gasteiger partial charge in [-0.15, -0.1) is 0 Å². The molecule has 21 heavy (non-hydrogen) atoms. The lowest BCUT2D eigenvalue weighted by atomic mass is 10.1. The maximum absolute atomic E-state index is 6.34. The monoisotopic (exact) mass is 295 g/mol. The van der Waals surface area contributed by atoms with E-state index in [9.17, 15) is 0 Å². The average Bonchev–Trinajstić information content (AvgIpc) is 2.54. The fourth-order valence-electron chi connectivity index (χ4n) is 2.14. The maximum Gasteiger partial charge on any atom is 0.119 e. The lowest BCUT2D eigenvalue weighted by molar-refractivity contribution is 0.415. The first-order valence-electron chi connectivity index (χ1n) is 6.64. The average molecular weight is 296 g/mol. The molecule has 3 rings (SSSR count). The van der Waals surface area contributed by atoms with Crippen molar-refractivity contribution in [3.63, 3.8) is 0 Å². The van der Waals surface area contributed by atoms with Crippen LogP contribution in [-0.2, 0) is 0 Å². The molecule has 0 N–H and O–H groups in total. The number of hydrogen-bond donors (Lipinski definition) is 0. The highest BCUT2D eigenvalue weighted by atomic mass is 35.5. The molecule has 0 bridgehead atoms. The van der Waals surface area contributed by atoms with Gasteiger partial charge >= 0.3 is 0 Å². The fraction of sp³-hybridized carbons (Fsp3) is 0.0556. The molecule has 3 heteroatoms. The van der Waals surface area contributed by atoms with Gasteiger partial charge < -0.3 is 4.74 Å². The van der Waals surface area contributed by atoms with E-state index in [1.807, 2.05) is 66.7 Å². The Kier molecular flexibility index (Phi) is 3.89. The van der Waals surface area contributed by atoms with Crippen LogP contribution in [0.4, 0.5) is 0 Å². The fourth-order valence-corrected chi connectivity index (χ4v) is 2.40. The summed E-state index contributed by atoms with van der Waals surface area (Å²) in [6.45, 7) is 0. The molecule has 1 heterocycles. The van der Waals surface area contributed by atoms with Gasteiger partial charge in [-0.05, 0) is 35.9 Å². The Morgan fingerprint density at radius 2 is 1.81 bits per heavy atom. The van der Waals surface area contributed by atoms with Crippen molar-refractivity contribution in [2.24, 2.45) is 0 Å². The van der Waals surface area contributed by atoms with Crippen LogP contribution >= 0.6 is 11.6 Å². The molecule has 2 nitrogen and oxygen atoms in total. The Hall–Kier alpha value is -2.32. The third-order valence-electron chi connectivity index (χ3n) is 3.23. The molecule has 0 atom stereocenters. The van der Waals surface area contributed by atoms with Crippen molar-refractivity contribution in [2.75, 3.05) is 7.11 Å². The van der Waals surface area contributed by atoms with E-state index in [0.29, 0.717) is 5.02 Å². The number of pyridine rings is 1. The van der Waals surface area contributed by atoms with Crippen LogP contribution in [-0.4, -0.2) is 12.1 Å². The first kappa shape index (κ1) is 13.7. The highest BCUT2D eigenvalue weighted by Crippen LogP contribution is 2.27. The first-order chi connectivity index (χ1) is 10.3. The molecule has 0 aliphatic carbocycles. The second kappa shape index (κ2) is 5.98. The number of nitrogens with zero attached hydrogens (tertiary/aromatic N) is 1. The largest absolute Gasteiger partial charge is 0.497 e. The molecule has 0 fully saturated rings. The van der Waals surface area contributed by atoms with Gasteiger partial charge in [0.1, 0.15) is 5.75 Å². The van der Waals surface area contributed by atoms with Crippen molar-refractivity contribution < 1.29 is 4.74 Å². The third kappa shape index (κ3) is 3.06. The Morgan fingerprint density at radius 1 is 1.00 bits per heavy atom. The predicted molar refractivity (Wildman–Crippen MR) is 88.7 cm³/mol. The van der Waals surface area contributed by atoms with Crippen molar-refractivity contribution in [1.29, 1.82) is 0 Å². The zero-order valence-corrected chi connectivity index (χ0v) is 12.3. The molecule has 0 amide bonds. The minimum absolute atomic E-state index is 0.673. The summed E-state index contributed by atoms with van der Waals surface area (Å²) in [4.78, 5) is 4.60. The Labute approximate surface area is 128 Å². The molecule has 3 aromatic rings. The predicted octanol–water partition coefficient (Wildman–Crippen LogP) is 5.07. The summed E-state index contributed by atoms with van der Waals surface area (Å²) in [5, 5.41) is 1.57. The van der Waals surface area contributed by atoms with Gasteiger partial charge in [-0.25, -0.2) is 4.98 Å². The molecule has 104 valence electrons. The zero-order chi connectivity index (χ0) is 14.7. The lowest BCUT2D eigenvalue weighted by Crippen LogP contribution is -1.87. The Morgan fingerprint density at radius 3 is 2.57 bits per heavy atom. The van der Waals surface area contributed by atoms with Gasteiger partial charge in [-0.1, -0.05) is 48.0 Å². The number of halogens is 1. The number of hydrogen-bond acceptors (Lipinski definition) is 2. The summed E-state index contributed by atoms with van der Waals surface area (Å²) in [7, 11) is 1.64. The number of ether oxygens (including phenoxy) is 1. The number of methoxy groups -OCH3 is 1. The molecule has 1 aromatic heterocycles. The van der Waals surface area contributed by atoms with Crippen LogP contribution < -0.4 is 4.74 Å². The summed E-state index contributed by atoms with van der Waals surface area (Å²) < 4.78 is 5.21. The maximum atomic E-state index is 6.34. The van der Waals surface area contributed by atoms with E-state index in [-0.39, 0.29) is 0 Å². The van der Waals surface area contributed by atoms with Crippen molar-refractivity contribution >= 4 is 34.7 Å². The van der Waals surface area contributed by atoms with Crippen molar-refractivity contribution in [2.45, 2.75) is 0 Å². The number of rotatable bonds is 3. The van der Waals surface area contributed by atoms with Crippen molar-refractivity contribution in [1.82, 2.24) is 4.98 Å². The van der Waals surface area contributed by atoms with Crippen LogP contribution in [0.15, 0.2) is 54.6 Å². The molecular weight excluding hydrogens is 282 g/mol. The molecule has 0 saturated heterocycles. The second-order valence-corrected chi connectivity index (χ2v) is 5.06. The zero-order valence-electron chi connectivity index (χ0n) is 11.6. The van der Waals surface area contributed by atoms with E-state index in [4.69, 9.17) is 16.3 Å². The van der Waals surface area contributed by atoms with Crippen LogP contribution in [0, 0.1) is 0 Å². The molecule has 0 saturated carbocycles. The van der Waals surface area contributed by atoms with Crippen LogP contribution in [0.2, 0.25) is 5.02 Å². The second-order valence-electron chi connectivity index (χ2n) is 4.66. The number of fused-ring (bicyclic) bond motifs is 1. The van der Waals surface area contributed by atoms with Crippen molar-refractivity contribution in [3.05, 3.63) is 70.9 Å². The van der Waals surface area contributed by atoms with Crippen LogP contribution in [0.5, 0.6) is 5.75 Å². The summed E-state index contributed by atoms with van der Waals surface area (Å²) in [6, 6.07) is 17.7. The smallest absolute Gasteiger partial charge is 0.119 e. The third-order valence-corrected chi connectivity index (χ3v) is 3.54. The van der Waals surface area contributed by atoms with Gasteiger partial charge in [0, 0.05) is 5.39 Å². The summed E-state index contributed by atoms with van der Waals surface area (Å²) in [6.07, 6.45) is 3.99. The minimum Gasteiger partial charge on any atom is -0.497 e. The van der Waals surface area contributed by atoms with Gasteiger partial charge in [0.15, 0.2) is 0 Å². The molecule has 0 radical (unpaired) electrons. The van der Waals surface area contributed by atoms with E-state index in [2.05, 4.69) is 4.98 Å². The topological polar surface area (TPSA) is 22.1 Å². The van der Waals surface area contributed by atoms with Gasteiger partial charge in [0.2, 0.25) is 0 Å². The molecular formula is C18H14ClNO. The molecule has 0 aliphatic heterocycles. The standard InChI is InChI=1S/C18H14ClNO/c1-21-15-9-10-18-16(12-15)17(19)11-14(20-18)8-7-13-5-3-2-4-6-13/h2-12H,1H3. The summed E-state index contributed by atoms with van der Waals surface area (Å²) in [5.74, 6) is 0.777. The van der Waals surface area contributed by atoms with Gasteiger partial charge in [-0.2, -0.15) is 0 Å². The summed E-state index contributed by atoms with van der Waals surface area (Å²) in [5.41, 5.74) is 2.82. The van der Waals surface area contributed by atoms with E-state index >= 15 is 0 Å². The quantitative estimate of drug-likeness (QED) is 0.673. The molecule has 0 spiro atoms. The highest BCUT2D eigenvalue weighted by Gasteiger charge is 2.04. The van der Waals surface area contributed by atoms with Gasteiger partial charge in [0.05, 0.1) is 23.3 Å². The Balaban J connectivity index is 1.99. The van der Waals surface area contributed by atoms with Crippen LogP contribution in [0.25, 0.3) is 23.1 Å². The molecule has 0 aliphatic rings. The van der Waals surface area contributed by atoms with Gasteiger partial charge in [0.25, 0.3) is 0 Å². The van der Waals surface area contributed by atoms with E-state index in [0.717, 1.165) is 27.9 Å².